The summed E-state index contributed by atoms with van der Waals surface area (Å²) < 4.78 is 0. The quantitative estimate of drug-likeness (QED) is 0.214. The van der Waals surface area contributed by atoms with Crippen LogP contribution in [0.1, 0.15) is 34.2 Å². The fourth-order valence-electron chi connectivity index (χ4n) is 5.67. The molecular weight excluding hydrogens is 512 g/mol. The normalized spacial score (nSPS) is 13.8. The van der Waals surface area contributed by atoms with Crippen molar-refractivity contribution in [1.82, 2.24) is 0 Å². The lowest BCUT2D eigenvalue weighted by atomic mass is 9.72. The van der Waals surface area contributed by atoms with Crippen molar-refractivity contribution in [2.75, 3.05) is 0 Å². The number of aromatic hydroxyl groups is 1. The molecule has 0 aliphatic heterocycles. The summed E-state index contributed by atoms with van der Waals surface area (Å²) >= 11 is 0. The van der Waals surface area contributed by atoms with E-state index in [1.54, 1.807) is 18.2 Å². The molecule has 2 heteroatoms. The van der Waals surface area contributed by atoms with Gasteiger partial charge >= 0.3 is 0 Å². The SMILES string of the molecule is OC1=C(c2ccccc2O)CC(C=C(c2ccccc2)c2ccccc2)(C=C(c2ccccc2)c2ccccc2)C=C1. The van der Waals surface area contributed by atoms with Gasteiger partial charge in [-0.15, -0.1) is 0 Å². The Morgan fingerprint density at radius 2 is 0.881 bits per heavy atom. The zero-order chi connectivity index (χ0) is 28.8. The first kappa shape index (κ1) is 26.9. The predicted octanol–water partition coefficient (Wildman–Crippen LogP) is 9.87. The highest BCUT2D eigenvalue weighted by Gasteiger charge is 2.32. The van der Waals surface area contributed by atoms with Gasteiger partial charge in [-0.05, 0) is 52.0 Å². The van der Waals surface area contributed by atoms with E-state index in [4.69, 9.17) is 0 Å². The molecule has 42 heavy (non-hydrogen) atoms. The van der Waals surface area contributed by atoms with Crippen molar-refractivity contribution in [3.63, 3.8) is 0 Å². The van der Waals surface area contributed by atoms with Crippen LogP contribution in [0.15, 0.2) is 176 Å². The molecule has 6 rings (SSSR count). The molecule has 0 amide bonds. The second kappa shape index (κ2) is 12.0. The van der Waals surface area contributed by atoms with Crippen LogP contribution in [0.5, 0.6) is 5.75 Å². The van der Waals surface area contributed by atoms with E-state index in [-0.39, 0.29) is 11.5 Å². The van der Waals surface area contributed by atoms with Crippen molar-refractivity contribution in [2.45, 2.75) is 6.42 Å². The highest BCUT2D eigenvalue weighted by atomic mass is 16.3. The Bertz CT molecular complexity index is 1600. The third kappa shape index (κ3) is 5.75. The molecular formula is C40H32O2. The Balaban J connectivity index is 1.63. The maximum atomic E-state index is 11.2. The maximum absolute atomic E-state index is 11.2. The third-order valence-corrected chi connectivity index (χ3v) is 7.74. The van der Waals surface area contributed by atoms with Gasteiger partial charge in [0.25, 0.3) is 0 Å². The standard InChI is InChI=1S/C40H32O2/c41-38-24-14-13-23-34(38)37-29-40(26-25-39(37)42,27-35(30-15-5-1-6-16-30)31-17-7-2-8-18-31)28-36(32-19-9-3-10-20-32)33-21-11-4-12-22-33/h1-28,41-42H,29H2. The van der Waals surface area contributed by atoms with Gasteiger partial charge in [0.2, 0.25) is 0 Å². The fourth-order valence-corrected chi connectivity index (χ4v) is 5.67. The first-order valence-corrected chi connectivity index (χ1v) is 14.2. The Hall–Kier alpha value is -5.34. The molecule has 5 aromatic rings. The second-order valence-electron chi connectivity index (χ2n) is 10.6. The highest BCUT2D eigenvalue weighted by Crippen LogP contribution is 2.47. The van der Waals surface area contributed by atoms with Crippen LogP contribution >= 0.6 is 0 Å². The van der Waals surface area contributed by atoms with Crippen LogP contribution in [0.2, 0.25) is 0 Å². The van der Waals surface area contributed by atoms with E-state index in [2.05, 4.69) is 115 Å². The summed E-state index contributed by atoms with van der Waals surface area (Å²) in [6.07, 6.45) is 8.95. The van der Waals surface area contributed by atoms with Crippen molar-refractivity contribution >= 4 is 16.7 Å². The van der Waals surface area contributed by atoms with E-state index >= 15 is 0 Å². The summed E-state index contributed by atoms with van der Waals surface area (Å²) in [6, 6.07) is 48.9. The molecule has 0 atom stereocenters. The highest BCUT2D eigenvalue weighted by molar-refractivity contribution is 5.86. The minimum Gasteiger partial charge on any atom is -0.508 e. The average Bonchev–Trinajstić information content (AvgIpc) is 3.06. The minimum absolute atomic E-state index is 0.147. The molecule has 1 aliphatic carbocycles. The van der Waals surface area contributed by atoms with E-state index in [0.29, 0.717) is 17.6 Å². The zero-order valence-corrected chi connectivity index (χ0v) is 23.3. The van der Waals surface area contributed by atoms with E-state index in [0.717, 1.165) is 33.4 Å². The lowest BCUT2D eigenvalue weighted by Crippen LogP contribution is -2.19. The number of phenolic OH excluding ortho intramolecular Hbond substituents is 1. The number of hydrogen-bond donors (Lipinski definition) is 2. The molecule has 204 valence electrons. The Morgan fingerprint density at radius 1 is 0.500 bits per heavy atom. The molecule has 0 saturated carbocycles. The molecule has 0 unspecified atom stereocenters. The number of aliphatic hydroxyl groups excluding tert-OH is 1. The summed E-state index contributed by atoms with van der Waals surface area (Å²) in [5.74, 6) is 0.310. The maximum Gasteiger partial charge on any atom is 0.123 e. The summed E-state index contributed by atoms with van der Waals surface area (Å²) in [7, 11) is 0. The van der Waals surface area contributed by atoms with Crippen LogP contribution in [0.25, 0.3) is 16.7 Å². The molecule has 0 heterocycles. The van der Waals surface area contributed by atoms with Crippen molar-refractivity contribution in [3.8, 4) is 5.75 Å². The van der Waals surface area contributed by atoms with Crippen LogP contribution in [0, 0.1) is 5.41 Å². The van der Waals surface area contributed by atoms with Gasteiger partial charge in [0, 0.05) is 16.6 Å². The molecule has 0 fully saturated rings. The van der Waals surface area contributed by atoms with Gasteiger partial charge < -0.3 is 10.2 Å². The zero-order valence-electron chi connectivity index (χ0n) is 23.3. The van der Waals surface area contributed by atoms with Crippen molar-refractivity contribution < 1.29 is 10.2 Å². The smallest absolute Gasteiger partial charge is 0.123 e. The largest absolute Gasteiger partial charge is 0.508 e. The monoisotopic (exact) mass is 544 g/mol. The molecule has 2 N–H and O–H groups in total. The Morgan fingerprint density at radius 3 is 1.29 bits per heavy atom. The van der Waals surface area contributed by atoms with E-state index in [9.17, 15) is 10.2 Å². The molecule has 0 aromatic heterocycles. The fraction of sp³-hybridized carbons (Fsp3) is 0.0500. The lowest BCUT2D eigenvalue weighted by molar-refractivity contribution is 0.422. The number of phenols is 1. The van der Waals surface area contributed by atoms with Gasteiger partial charge in [0.1, 0.15) is 11.5 Å². The van der Waals surface area contributed by atoms with Crippen LogP contribution in [-0.2, 0) is 0 Å². The summed E-state index contributed by atoms with van der Waals surface area (Å²) in [4.78, 5) is 0. The Kier molecular flexibility index (Phi) is 7.70. The number of rotatable bonds is 7. The van der Waals surface area contributed by atoms with Gasteiger partial charge in [-0.3, -0.25) is 0 Å². The Labute approximate surface area is 247 Å². The van der Waals surface area contributed by atoms with Gasteiger partial charge in [-0.2, -0.15) is 0 Å². The molecule has 5 aromatic carbocycles. The first-order chi connectivity index (χ1) is 20.6. The molecule has 0 radical (unpaired) electrons. The van der Waals surface area contributed by atoms with Crippen LogP contribution in [-0.4, -0.2) is 10.2 Å². The number of allylic oxidation sites excluding steroid dienone is 5. The van der Waals surface area contributed by atoms with Crippen molar-refractivity contribution in [3.05, 3.63) is 203 Å². The van der Waals surface area contributed by atoms with Crippen LogP contribution in [0.3, 0.4) is 0 Å². The van der Waals surface area contributed by atoms with Gasteiger partial charge in [-0.25, -0.2) is 0 Å². The topological polar surface area (TPSA) is 40.5 Å². The van der Waals surface area contributed by atoms with Crippen LogP contribution in [0.4, 0.5) is 0 Å². The summed E-state index contributed by atoms with van der Waals surface area (Å²) in [6.45, 7) is 0. The van der Waals surface area contributed by atoms with E-state index < -0.39 is 5.41 Å². The van der Waals surface area contributed by atoms with Gasteiger partial charge in [0.05, 0.1) is 0 Å². The predicted molar refractivity (Wildman–Crippen MR) is 174 cm³/mol. The van der Waals surface area contributed by atoms with Crippen LogP contribution < -0.4 is 0 Å². The van der Waals surface area contributed by atoms with E-state index in [1.807, 2.05) is 36.4 Å². The van der Waals surface area contributed by atoms with Gasteiger partial charge in [0.15, 0.2) is 0 Å². The molecule has 2 nitrogen and oxygen atoms in total. The number of benzene rings is 5. The minimum atomic E-state index is -0.647. The molecule has 1 aliphatic rings. The molecule has 0 spiro atoms. The number of para-hydroxylation sites is 1. The second-order valence-corrected chi connectivity index (χ2v) is 10.6. The van der Waals surface area contributed by atoms with Gasteiger partial charge in [-0.1, -0.05) is 158 Å². The van der Waals surface area contributed by atoms with E-state index in [1.165, 1.54) is 0 Å². The number of aliphatic hydroxyl groups is 1. The first-order valence-electron chi connectivity index (χ1n) is 14.2. The molecule has 0 bridgehead atoms. The van der Waals surface area contributed by atoms with Crippen molar-refractivity contribution in [2.24, 2.45) is 5.41 Å². The van der Waals surface area contributed by atoms with Crippen molar-refractivity contribution in [1.29, 1.82) is 0 Å². The lowest BCUT2D eigenvalue weighted by Gasteiger charge is -2.32. The summed E-state index contributed by atoms with van der Waals surface area (Å²) in [5.41, 5.74) is 7.29. The average molecular weight is 545 g/mol. The molecule has 0 saturated heterocycles. The third-order valence-electron chi connectivity index (χ3n) is 7.74. The summed E-state index contributed by atoms with van der Waals surface area (Å²) in [5, 5.41) is 22.0. The number of hydrogen-bond acceptors (Lipinski definition) is 2.